The SMILES string of the molecule is CN=C(NCC1(c2cccc(OC)c2)CCCC1)N(C)Cc1cnn(C)c1. The van der Waals surface area contributed by atoms with E-state index in [-0.39, 0.29) is 5.41 Å². The summed E-state index contributed by atoms with van der Waals surface area (Å²) in [6, 6.07) is 8.53. The molecule has 0 spiro atoms. The summed E-state index contributed by atoms with van der Waals surface area (Å²) in [5, 5.41) is 7.87. The average molecular weight is 370 g/mol. The van der Waals surface area contributed by atoms with E-state index in [4.69, 9.17) is 4.74 Å². The molecule has 1 heterocycles. The number of aromatic nitrogens is 2. The molecule has 1 aromatic carbocycles. The third kappa shape index (κ3) is 4.43. The summed E-state index contributed by atoms with van der Waals surface area (Å²) in [5.74, 6) is 1.84. The molecular formula is C21H31N5O. The minimum absolute atomic E-state index is 0.139. The molecule has 0 bridgehead atoms. The van der Waals surface area contributed by atoms with Crippen molar-refractivity contribution in [2.24, 2.45) is 12.0 Å². The Morgan fingerprint density at radius 2 is 2.15 bits per heavy atom. The van der Waals surface area contributed by atoms with Gasteiger partial charge in [-0.25, -0.2) is 0 Å². The molecule has 0 saturated heterocycles. The molecule has 0 aliphatic heterocycles. The first-order valence-electron chi connectivity index (χ1n) is 9.60. The van der Waals surface area contributed by atoms with Gasteiger partial charge in [0.25, 0.3) is 0 Å². The van der Waals surface area contributed by atoms with Crippen LogP contribution in [-0.4, -0.2) is 48.4 Å². The van der Waals surface area contributed by atoms with Gasteiger partial charge in [0.2, 0.25) is 0 Å². The molecular weight excluding hydrogens is 338 g/mol. The lowest BCUT2D eigenvalue weighted by Gasteiger charge is -2.32. The summed E-state index contributed by atoms with van der Waals surface area (Å²) in [5.41, 5.74) is 2.67. The second-order valence-corrected chi connectivity index (χ2v) is 7.50. The van der Waals surface area contributed by atoms with Crippen LogP contribution >= 0.6 is 0 Å². The maximum absolute atomic E-state index is 5.45. The van der Waals surface area contributed by atoms with Crippen molar-refractivity contribution in [2.45, 2.75) is 37.6 Å². The Hall–Kier alpha value is -2.50. The summed E-state index contributed by atoms with van der Waals surface area (Å²) in [6.07, 6.45) is 8.86. The normalized spacial score (nSPS) is 16.4. The Morgan fingerprint density at radius 3 is 2.78 bits per heavy atom. The predicted octanol–water partition coefficient (Wildman–Crippen LogP) is 2.95. The van der Waals surface area contributed by atoms with Crippen molar-refractivity contribution < 1.29 is 4.74 Å². The lowest BCUT2D eigenvalue weighted by atomic mass is 9.78. The first-order valence-corrected chi connectivity index (χ1v) is 9.60. The molecule has 0 unspecified atom stereocenters. The molecule has 0 amide bonds. The summed E-state index contributed by atoms with van der Waals surface area (Å²) >= 11 is 0. The number of guanidine groups is 1. The zero-order chi connectivity index (χ0) is 19.3. The number of nitrogens with one attached hydrogen (secondary N) is 1. The van der Waals surface area contributed by atoms with Crippen LogP contribution in [0.4, 0.5) is 0 Å². The molecule has 1 aromatic heterocycles. The number of methoxy groups -OCH3 is 1. The van der Waals surface area contributed by atoms with E-state index in [0.717, 1.165) is 24.8 Å². The molecule has 6 heteroatoms. The number of hydrogen-bond acceptors (Lipinski definition) is 3. The standard InChI is InChI=1S/C21H31N5O/c1-22-20(25(2)14-17-13-24-26(3)15-17)23-16-21(10-5-6-11-21)18-8-7-9-19(12-18)27-4/h7-9,12-13,15H,5-6,10-11,14,16H2,1-4H3,(H,22,23). The second kappa shape index (κ2) is 8.46. The van der Waals surface area contributed by atoms with Gasteiger partial charge in [0.1, 0.15) is 5.75 Å². The zero-order valence-electron chi connectivity index (χ0n) is 16.9. The molecule has 1 saturated carbocycles. The molecule has 6 nitrogen and oxygen atoms in total. The van der Waals surface area contributed by atoms with Crippen molar-refractivity contribution in [3.63, 3.8) is 0 Å². The molecule has 1 fully saturated rings. The van der Waals surface area contributed by atoms with Gasteiger partial charge in [-0.1, -0.05) is 25.0 Å². The molecule has 1 aliphatic carbocycles. The topological polar surface area (TPSA) is 54.7 Å². The minimum atomic E-state index is 0.139. The Balaban J connectivity index is 1.70. The molecule has 1 N–H and O–H groups in total. The lowest BCUT2D eigenvalue weighted by molar-refractivity contribution is 0.397. The summed E-state index contributed by atoms with van der Waals surface area (Å²) in [4.78, 5) is 6.63. The summed E-state index contributed by atoms with van der Waals surface area (Å²) < 4.78 is 7.28. The van der Waals surface area contributed by atoms with Gasteiger partial charge in [-0.2, -0.15) is 5.10 Å². The fraction of sp³-hybridized carbons (Fsp3) is 0.524. The van der Waals surface area contributed by atoms with Crippen molar-refractivity contribution in [2.75, 3.05) is 27.7 Å². The maximum Gasteiger partial charge on any atom is 0.193 e. The number of benzene rings is 1. The van der Waals surface area contributed by atoms with E-state index in [0.29, 0.717) is 0 Å². The first kappa shape index (κ1) is 19.3. The molecule has 1 aliphatic rings. The molecule has 27 heavy (non-hydrogen) atoms. The number of ether oxygens (including phenoxy) is 1. The van der Waals surface area contributed by atoms with E-state index in [9.17, 15) is 0 Å². The largest absolute Gasteiger partial charge is 0.497 e. The van der Waals surface area contributed by atoms with Crippen molar-refractivity contribution in [1.82, 2.24) is 20.0 Å². The van der Waals surface area contributed by atoms with Crippen LogP contribution in [0.3, 0.4) is 0 Å². The van der Waals surface area contributed by atoms with E-state index in [2.05, 4.69) is 45.6 Å². The van der Waals surface area contributed by atoms with Crippen molar-refractivity contribution in [3.8, 4) is 5.75 Å². The average Bonchev–Trinajstić information content (AvgIpc) is 3.32. The van der Waals surface area contributed by atoms with Crippen molar-refractivity contribution in [3.05, 3.63) is 47.8 Å². The Morgan fingerprint density at radius 1 is 1.37 bits per heavy atom. The highest BCUT2D eigenvalue weighted by atomic mass is 16.5. The monoisotopic (exact) mass is 369 g/mol. The van der Waals surface area contributed by atoms with Crippen LogP contribution in [0.1, 0.15) is 36.8 Å². The van der Waals surface area contributed by atoms with Gasteiger partial charge in [-0.15, -0.1) is 0 Å². The Kier molecular flexibility index (Phi) is 6.04. The van der Waals surface area contributed by atoms with Crippen LogP contribution in [0.15, 0.2) is 41.7 Å². The van der Waals surface area contributed by atoms with E-state index >= 15 is 0 Å². The number of aliphatic imine (C=N–C) groups is 1. The smallest absolute Gasteiger partial charge is 0.193 e. The van der Waals surface area contributed by atoms with Crippen molar-refractivity contribution >= 4 is 5.96 Å². The Labute approximate surface area is 162 Å². The zero-order valence-corrected chi connectivity index (χ0v) is 16.9. The lowest BCUT2D eigenvalue weighted by Crippen LogP contribution is -2.45. The highest BCUT2D eigenvalue weighted by Gasteiger charge is 2.36. The molecule has 3 rings (SSSR count). The van der Waals surface area contributed by atoms with E-state index in [1.807, 2.05) is 37.2 Å². The van der Waals surface area contributed by atoms with Gasteiger partial charge < -0.3 is 15.0 Å². The fourth-order valence-electron chi connectivity index (χ4n) is 4.11. The summed E-state index contributed by atoms with van der Waals surface area (Å²) in [6.45, 7) is 1.66. The van der Waals surface area contributed by atoms with Crippen LogP contribution < -0.4 is 10.1 Å². The number of aryl methyl sites for hydroxylation is 1. The third-order valence-electron chi connectivity index (χ3n) is 5.58. The molecule has 0 radical (unpaired) electrons. The van der Waals surface area contributed by atoms with Crippen LogP contribution in [0.2, 0.25) is 0 Å². The number of nitrogens with zero attached hydrogens (tertiary/aromatic N) is 4. The number of rotatable bonds is 6. The van der Waals surface area contributed by atoms with E-state index in [1.165, 1.54) is 36.8 Å². The van der Waals surface area contributed by atoms with Crippen LogP contribution in [0.25, 0.3) is 0 Å². The number of hydrogen-bond donors (Lipinski definition) is 1. The second-order valence-electron chi connectivity index (χ2n) is 7.50. The highest BCUT2D eigenvalue weighted by Crippen LogP contribution is 2.41. The fourth-order valence-corrected chi connectivity index (χ4v) is 4.11. The molecule has 0 atom stereocenters. The third-order valence-corrected chi connectivity index (χ3v) is 5.58. The van der Waals surface area contributed by atoms with Crippen LogP contribution in [0.5, 0.6) is 5.75 Å². The summed E-state index contributed by atoms with van der Waals surface area (Å²) in [7, 11) is 7.58. The van der Waals surface area contributed by atoms with Gasteiger partial charge >= 0.3 is 0 Å². The van der Waals surface area contributed by atoms with E-state index in [1.54, 1.807) is 7.11 Å². The van der Waals surface area contributed by atoms with E-state index < -0.39 is 0 Å². The van der Waals surface area contributed by atoms with Crippen LogP contribution in [0, 0.1) is 0 Å². The first-order chi connectivity index (χ1) is 13.1. The minimum Gasteiger partial charge on any atom is -0.497 e. The van der Waals surface area contributed by atoms with Gasteiger partial charge in [-0.3, -0.25) is 9.67 Å². The van der Waals surface area contributed by atoms with Gasteiger partial charge in [0, 0.05) is 51.4 Å². The van der Waals surface area contributed by atoms with Gasteiger partial charge in [0.05, 0.1) is 13.3 Å². The Bertz CT molecular complexity index is 776. The van der Waals surface area contributed by atoms with Gasteiger partial charge in [-0.05, 0) is 30.5 Å². The highest BCUT2D eigenvalue weighted by molar-refractivity contribution is 5.79. The maximum atomic E-state index is 5.45. The predicted molar refractivity (Wildman–Crippen MR) is 109 cm³/mol. The van der Waals surface area contributed by atoms with Crippen molar-refractivity contribution in [1.29, 1.82) is 0 Å². The quantitative estimate of drug-likeness (QED) is 0.628. The van der Waals surface area contributed by atoms with Gasteiger partial charge in [0.15, 0.2) is 5.96 Å². The molecule has 2 aromatic rings. The van der Waals surface area contributed by atoms with Crippen LogP contribution in [-0.2, 0) is 19.0 Å². The molecule has 146 valence electrons.